The predicted molar refractivity (Wildman–Crippen MR) is 113 cm³/mol. The Hall–Kier alpha value is -2.93. The standard InChI is InChI=1S/C21H23ClN4O3/c1-5-15(25-20(28)29-21(2,3)4)18-24-16-10-6-9-14(22)17(16)19(27)26(18)13-8-7-11-23-12-13/h6-12,15H,5H2,1-4H3,(H,25,28). The van der Waals surface area contributed by atoms with Gasteiger partial charge < -0.3 is 10.1 Å². The number of hydrogen-bond donors (Lipinski definition) is 1. The van der Waals surface area contributed by atoms with E-state index in [1.54, 1.807) is 63.5 Å². The number of nitrogens with one attached hydrogen (secondary N) is 1. The quantitative estimate of drug-likeness (QED) is 0.683. The molecule has 8 heteroatoms. The molecule has 1 unspecified atom stereocenters. The Bertz CT molecular complexity index is 1090. The van der Waals surface area contributed by atoms with Crippen molar-refractivity contribution >= 4 is 28.6 Å². The van der Waals surface area contributed by atoms with Crippen LogP contribution in [-0.4, -0.2) is 26.2 Å². The summed E-state index contributed by atoms with van der Waals surface area (Å²) in [4.78, 5) is 34.5. The van der Waals surface area contributed by atoms with Gasteiger partial charge in [-0.15, -0.1) is 0 Å². The first kappa shape index (κ1) is 20.8. The Morgan fingerprint density at radius 2 is 2.03 bits per heavy atom. The van der Waals surface area contributed by atoms with Crippen molar-refractivity contribution in [2.24, 2.45) is 0 Å². The molecule has 0 radical (unpaired) electrons. The SMILES string of the molecule is CCC(NC(=O)OC(C)(C)C)c1nc2cccc(Cl)c2c(=O)n1-c1cccnc1. The molecule has 1 aromatic carbocycles. The van der Waals surface area contributed by atoms with Gasteiger partial charge in [0.2, 0.25) is 0 Å². The molecular weight excluding hydrogens is 392 g/mol. The number of aromatic nitrogens is 3. The van der Waals surface area contributed by atoms with Gasteiger partial charge in [0.05, 0.1) is 33.9 Å². The van der Waals surface area contributed by atoms with Crippen LogP contribution in [0.1, 0.15) is 46.0 Å². The molecule has 0 saturated heterocycles. The van der Waals surface area contributed by atoms with E-state index in [0.717, 1.165) is 0 Å². The number of benzene rings is 1. The van der Waals surface area contributed by atoms with E-state index in [4.69, 9.17) is 16.3 Å². The predicted octanol–water partition coefficient (Wildman–Crippen LogP) is 4.41. The summed E-state index contributed by atoms with van der Waals surface area (Å²) in [6.45, 7) is 7.25. The van der Waals surface area contributed by atoms with E-state index in [9.17, 15) is 9.59 Å². The van der Waals surface area contributed by atoms with E-state index < -0.39 is 17.7 Å². The minimum atomic E-state index is -0.643. The van der Waals surface area contributed by atoms with Gasteiger partial charge in [0, 0.05) is 6.20 Å². The van der Waals surface area contributed by atoms with Gasteiger partial charge in [-0.2, -0.15) is 0 Å². The lowest BCUT2D eigenvalue weighted by molar-refractivity contribution is 0.0499. The van der Waals surface area contributed by atoms with Crippen molar-refractivity contribution in [3.63, 3.8) is 0 Å². The molecule has 2 aromatic heterocycles. The zero-order valence-electron chi connectivity index (χ0n) is 16.8. The number of ether oxygens (including phenoxy) is 1. The van der Waals surface area contributed by atoms with Crippen LogP contribution in [0, 0.1) is 0 Å². The zero-order chi connectivity index (χ0) is 21.2. The molecule has 1 N–H and O–H groups in total. The number of carbonyl (C=O) groups excluding carboxylic acids is 1. The number of fused-ring (bicyclic) bond motifs is 1. The van der Waals surface area contributed by atoms with Crippen LogP contribution in [0.5, 0.6) is 0 Å². The summed E-state index contributed by atoms with van der Waals surface area (Å²) in [5.41, 5.74) is 0.0248. The first-order valence-electron chi connectivity index (χ1n) is 9.32. The maximum atomic E-state index is 13.4. The average Bonchev–Trinajstić information content (AvgIpc) is 2.65. The van der Waals surface area contributed by atoms with Gasteiger partial charge in [0.1, 0.15) is 11.4 Å². The molecule has 0 aliphatic heterocycles. The first-order chi connectivity index (χ1) is 13.7. The molecular formula is C21H23ClN4O3. The molecule has 3 rings (SSSR count). The van der Waals surface area contributed by atoms with Crippen LogP contribution < -0.4 is 10.9 Å². The monoisotopic (exact) mass is 414 g/mol. The maximum Gasteiger partial charge on any atom is 0.408 e. The lowest BCUT2D eigenvalue weighted by Gasteiger charge is -2.24. The third-order valence-electron chi connectivity index (χ3n) is 4.19. The van der Waals surface area contributed by atoms with E-state index in [1.165, 1.54) is 4.57 Å². The van der Waals surface area contributed by atoms with Crippen LogP contribution in [-0.2, 0) is 4.74 Å². The van der Waals surface area contributed by atoms with Gasteiger partial charge in [-0.1, -0.05) is 24.6 Å². The Kier molecular flexibility index (Phi) is 5.88. The zero-order valence-corrected chi connectivity index (χ0v) is 17.5. The van der Waals surface area contributed by atoms with Crippen LogP contribution in [0.3, 0.4) is 0 Å². The number of halogens is 1. The second-order valence-electron chi connectivity index (χ2n) is 7.56. The van der Waals surface area contributed by atoms with E-state index in [1.807, 2.05) is 6.92 Å². The Balaban J connectivity index is 2.19. The van der Waals surface area contributed by atoms with Gasteiger partial charge >= 0.3 is 6.09 Å². The van der Waals surface area contributed by atoms with Crippen LogP contribution in [0.4, 0.5) is 4.79 Å². The molecule has 1 amide bonds. The molecule has 0 saturated carbocycles. The van der Waals surface area contributed by atoms with Crippen LogP contribution >= 0.6 is 11.6 Å². The maximum absolute atomic E-state index is 13.4. The largest absolute Gasteiger partial charge is 0.444 e. The third-order valence-corrected chi connectivity index (χ3v) is 4.50. The fourth-order valence-corrected chi connectivity index (χ4v) is 3.23. The Morgan fingerprint density at radius 1 is 1.28 bits per heavy atom. The molecule has 0 aliphatic rings. The summed E-state index contributed by atoms with van der Waals surface area (Å²) in [6, 6.07) is 8.03. The second-order valence-corrected chi connectivity index (χ2v) is 7.97. The fourth-order valence-electron chi connectivity index (χ4n) is 2.98. The number of amides is 1. The van der Waals surface area contributed by atoms with Gasteiger partial charge in [-0.05, 0) is 51.5 Å². The third kappa shape index (κ3) is 4.56. The highest BCUT2D eigenvalue weighted by atomic mass is 35.5. The number of nitrogens with zero attached hydrogens (tertiary/aromatic N) is 3. The molecule has 3 aromatic rings. The van der Waals surface area contributed by atoms with Crippen LogP contribution in [0.25, 0.3) is 16.6 Å². The van der Waals surface area contributed by atoms with Crippen LogP contribution in [0.15, 0.2) is 47.5 Å². The molecule has 29 heavy (non-hydrogen) atoms. The molecule has 1 atom stereocenters. The molecule has 152 valence electrons. The topological polar surface area (TPSA) is 86.1 Å². The van der Waals surface area contributed by atoms with Crippen molar-refractivity contribution in [1.82, 2.24) is 19.9 Å². The molecule has 0 fully saturated rings. The minimum Gasteiger partial charge on any atom is -0.444 e. The van der Waals surface area contributed by atoms with Crippen molar-refractivity contribution in [1.29, 1.82) is 0 Å². The molecule has 0 spiro atoms. The van der Waals surface area contributed by atoms with Gasteiger partial charge in [0.15, 0.2) is 0 Å². The lowest BCUT2D eigenvalue weighted by Crippen LogP contribution is -2.37. The number of alkyl carbamates (subject to hydrolysis) is 1. The average molecular weight is 415 g/mol. The minimum absolute atomic E-state index is 0.314. The normalized spacial score (nSPS) is 12.6. The van der Waals surface area contributed by atoms with E-state index in [2.05, 4.69) is 15.3 Å². The number of pyridine rings is 1. The van der Waals surface area contributed by atoms with Gasteiger partial charge in [0.25, 0.3) is 5.56 Å². The summed E-state index contributed by atoms with van der Waals surface area (Å²) in [5, 5.41) is 3.45. The summed E-state index contributed by atoms with van der Waals surface area (Å²) < 4.78 is 6.81. The molecule has 0 bridgehead atoms. The lowest BCUT2D eigenvalue weighted by atomic mass is 10.1. The Labute approximate surface area is 173 Å². The van der Waals surface area contributed by atoms with Gasteiger partial charge in [-0.3, -0.25) is 14.3 Å². The van der Waals surface area contributed by atoms with Crippen LogP contribution in [0.2, 0.25) is 5.02 Å². The van der Waals surface area contributed by atoms with Crippen molar-refractivity contribution < 1.29 is 9.53 Å². The van der Waals surface area contributed by atoms with E-state index >= 15 is 0 Å². The summed E-state index contributed by atoms with van der Waals surface area (Å²) in [6.07, 6.45) is 3.10. The Morgan fingerprint density at radius 3 is 2.66 bits per heavy atom. The van der Waals surface area contributed by atoms with Crippen molar-refractivity contribution in [2.45, 2.75) is 45.8 Å². The molecule has 2 heterocycles. The highest BCUT2D eigenvalue weighted by Gasteiger charge is 2.25. The first-order valence-corrected chi connectivity index (χ1v) is 9.70. The van der Waals surface area contributed by atoms with Crippen molar-refractivity contribution in [3.8, 4) is 5.69 Å². The smallest absolute Gasteiger partial charge is 0.408 e. The summed E-state index contributed by atoms with van der Waals surface area (Å²) >= 11 is 6.29. The second kappa shape index (κ2) is 8.21. The van der Waals surface area contributed by atoms with Gasteiger partial charge in [-0.25, -0.2) is 9.78 Å². The van der Waals surface area contributed by atoms with Crippen molar-refractivity contribution in [3.05, 3.63) is 63.9 Å². The number of rotatable bonds is 4. The highest BCUT2D eigenvalue weighted by molar-refractivity contribution is 6.35. The number of carbonyl (C=O) groups is 1. The number of hydrogen-bond acceptors (Lipinski definition) is 5. The summed E-state index contributed by atoms with van der Waals surface area (Å²) in [5.74, 6) is 0.381. The van der Waals surface area contributed by atoms with E-state index in [0.29, 0.717) is 33.9 Å². The fraction of sp³-hybridized carbons (Fsp3) is 0.333. The molecule has 0 aliphatic carbocycles. The highest BCUT2D eigenvalue weighted by Crippen LogP contribution is 2.24. The molecule has 7 nitrogen and oxygen atoms in total. The summed E-state index contributed by atoms with van der Waals surface area (Å²) in [7, 11) is 0. The van der Waals surface area contributed by atoms with Crippen molar-refractivity contribution in [2.75, 3.05) is 0 Å². The van der Waals surface area contributed by atoms with E-state index in [-0.39, 0.29) is 5.56 Å².